The summed E-state index contributed by atoms with van der Waals surface area (Å²) in [7, 11) is -3.99. The van der Waals surface area contributed by atoms with Gasteiger partial charge in [0.1, 0.15) is 0 Å². The standard InChI is InChI=1S/C32H9BF47NO10/c1-2-8(82)81-7-5-3-4-6(33(83)84)9(7)10(34,18(43,44)45)85-27(69,70)12(37,20(49,50)51)87-29(73,74)14(39,22(55,56)57)89-31(77,78)16(41,24(61,62)63)91-32(79,80)17(42,25(64,65)66)90-30(75,76)15(40,23(58,59)60)88-28(71,72)13(38,21(52,53)54)86-26(67,68)11(35,36)19(46,47)48/h2-5,83-84H,1H2,(H,81,82). The summed E-state index contributed by atoms with van der Waals surface area (Å²) in [5.74, 6) is -77.7. The first-order valence-corrected chi connectivity index (χ1v) is 19.7. The van der Waals surface area contributed by atoms with E-state index in [1.165, 1.54) is 0 Å². The van der Waals surface area contributed by atoms with E-state index in [0.717, 1.165) is 10.1 Å². The van der Waals surface area contributed by atoms with E-state index in [0.29, 0.717) is 23.7 Å². The number of anilines is 1. The monoisotopic (exact) mass is 1470 g/mol. The van der Waals surface area contributed by atoms with Crippen molar-refractivity contribution in [1.29, 1.82) is 0 Å². The molecule has 0 aliphatic rings. The highest BCUT2D eigenvalue weighted by Crippen LogP contribution is 2.65. The minimum atomic E-state index is -10.2. The SMILES string of the molecule is C=CC(=O)Nc1cccc(B(O)O)c1C(F)(OC(F)(F)C(F)(OC(F)(F)C(F)(OC(F)(F)C(F)(OC(F)(F)C(F)(OC(F)(F)C(F)(OC(F)(F)C(F)(OC(F)(F)C(F)(F)C(F)(F)F)C(F)(F)F)C(F)(F)F)C(F)(F)F)C(F)(F)F)C(F)(F)F)C(F)(F)F)C(F)(F)F. The number of hydrogen-bond acceptors (Lipinski definition) is 10. The number of rotatable bonds is 25. The average molecular weight is 1470 g/mol. The highest BCUT2D eigenvalue weighted by atomic mass is 19.5. The number of carbonyl (C=O) groups is 1. The molecule has 1 amide bonds. The maximum absolute atomic E-state index is 16.0. The van der Waals surface area contributed by atoms with Gasteiger partial charge in [0.15, 0.2) is 0 Å². The Morgan fingerprint density at radius 3 is 0.747 bits per heavy atom. The van der Waals surface area contributed by atoms with Gasteiger partial charge in [-0.05, 0) is 17.6 Å². The van der Waals surface area contributed by atoms with Crippen LogP contribution in [-0.4, -0.2) is 156 Å². The predicted octanol–water partition coefficient (Wildman–Crippen LogP) is 14.0. The van der Waals surface area contributed by atoms with Crippen molar-refractivity contribution < 1.29 is 254 Å². The topological polar surface area (TPSA) is 134 Å². The number of carbonyl (C=O) groups excluding carboxylic acids is 1. The van der Waals surface area contributed by atoms with Gasteiger partial charge in [0, 0.05) is 11.3 Å². The van der Waals surface area contributed by atoms with Gasteiger partial charge >= 0.3 is 146 Å². The van der Waals surface area contributed by atoms with Crippen molar-refractivity contribution in [2.75, 3.05) is 5.32 Å². The summed E-state index contributed by atoms with van der Waals surface area (Å²) in [5.41, 5.74) is -8.45. The molecule has 7 unspecified atom stereocenters. The fourth-order valence-corrected chi connectivity index (χ4v) is 5.24. The molecule has 0 saturated carbocycles. The molecule has 3 N–H and O–H groups in total. The number of alkyl halides is 47. The first kappa shape index (κ1) is 83.9. The first-order chi connectivity index (χ1) is 39.0. The molecule has 0 heterocycles. The number of halogens is 47. The van der Waals surface area contributed by atoms with Crippen molar-refractivity contribution in [3.8, 4) is 0 Å². The largest absolute Gasteiger partial charge is 0.489 e. The lowest BCUT2D eigenvalue weighted by Crippen LogP contribution is -2.73. The van der Waals surface area contributed by atoms with Crippen molar-refractivity contribution in [2.45, 2.75) is 139 Å². The van der Waals surface area contributed by atoms with E-state index in [4.69, 9.17) is 0 Å². The fourth-order valence-electron chi connectivity index (χ4n) is 5.24. The minimum absolute atomic E-state index is 0.000732. The van der Waals surface area contributed by atoms with Crippen LogP contribution >= 0.6 is 0 Å². The molecule has 11 nitrogen and oxygen atoms in total. The molecule has 7 atom stereocenters. The summed E-state index contributed by atoms with van der Waals surface area (Å²) in [5, 5.41) is 19.5. The zero-order chi connectivity index (χ0) is 73.9. The first-order valence-electron chi connectivity index (χ1n) is 19.7. The molecule has 0 fully saturated rings. The molecule has 0 aliphatic heterocycles. The number of amides is 1. The highest BCUT2D eigenvalue weighted by molar-refractivity contribution is 6.59. The third-order valence-corrected chi connectivity index (χ3v) is 9.54. The number of ether oxygens (including phenoxy) is 7. The van der Waals surface area contributed by atoms with E-state index in [2.05, 4.69) is 6.58 Å². The maximum atomic E-state index is 16.0. The van der Waals surface area contributed by atoms with E-state index < -0.39 is 175 Å². The molecule has 1 rings (SSSR count). The molecule has 0 radical (unpaired) electrons. The van der Waals surface area contributed by atoms with Gasteiger partial charge in [-0.25, -0.2) is 0 Å². The second-order valence-corrected chi connectivity index (χ2v) is 15.9. The highest BCUT2D eigenvalue weighted by Gasteiger charge is 2.93. The lowest BCUT2D eigenvalue weighted by Gasteiger charge is -2.45. The van der Waals surface area contributed by atoms with E-state index in [1.54, 1.807) is 0 Å². The van der Waals surface area contributed by atoms with Gasteiger partial charge in [-0.3, -0.25) is 38.0 Å². The van der Waals surface area contributed by atoms with E-state index >= 15 is 39.5 Å². The second-order valence-electron chi connectivity index (χ2n) is 15.9. The summed E-state index contributed by atoms with van der Waals surface area (Å²) in [6.45, 7) is 2.52. The molecule has 0 aromatic heterocycles. The average Bonchev–Trinajstić information content (AvgIpc) is 0.717. The van der Waals surface area contributed by atoms with E-state index in [1.807, 2.05) is 4.74 Å². The summed E-state index contributed by atoms with van der Waals surface area (Å²) in [6, 6.07) is -0.829. The summed E-state index contributed by atoms with van der Waals surface area (Å²) < 4.78 is 668. The number of nitrogens with one attached hydrogen (secondary N) is 1. The van der Waals surface area contributed by atoms with Crippen molar-refractivity contribution in [3.05, 3.63) is 36.4 Å². The van der Waals surface area contributed by atoms with Crippen LogP contribution in [0.25, 0.3) is 0 Å². The van der Waals surface area contributed by atoms with Gasteiger partial charge in [-0.15, -0.1) is 0 Å². The van der Waals surface area contributed by atoms with Crippen LogP contribution in [0.15, 0.2) is 30.9 Å². The Hall–Kier alpha value is -5.16. The van der Waals surface area contributed by atoms with Crippen LogP contribution in [0.3, 0.4) is 0 Å². The Balaban J connectivity index is 4.50. The van der Waals surface area contributed by atoms with Gasteiger partial charge in [0.25, 0.3) is 0 Å². The molecular formula is C32H9BF47NO10. The molecule has 0 spiro atoms. The molecule has 0 saturated heterocycles. The molecule has 1 aromatic rings. The predicted molar refractivity (Wildman–Crippen MR) is 177 cm³/mol. The van der Waals surface area contributed by atoms with Crippen LogP contribution in [0.2, 0.25) is 0 Å². The zero-order valence-corrected chi connectivity index (χ0v) is 39.5. The summed E-state index contributed by atoms with van der Waals surface area (Å²) in [4.78, 5) is 11.7. The second kappa shape index (κ2) is 23.3. The Kier molecular flexibility index (Phi) is 21.5. The molecule has 91 heavy (non-hydrogen) atoms. The van der Waals surface area contributed by atoms with E-state index in [-0.39, 0.29) is 18.2 Å². The van der Waals surface area contributed by atoms with Crippen LogP contribution in [-0.2, 0) is 43.8 Å². The van der Waals surface area contributed by atoms with Crippen molar-refractivity contribution in [3.63, 3.8) is 0 Å². The van der Waals surface area contributed by atoms with Gasteiger partial charge in [0.2, 0.25) is 5.91 Å². The Bertz CT molecular complexity index is 2750. The smallest absolute Gasteiger partial charge is 0.423 e. The fraction of sp³-hybridized carbons (Fsp3) is 0.719. The normalized spacial score (nSPS) is 19.8. The number of hydrogen-bond donors (Lipinski definition) is 3. The van der Waals surface area contributed by atoms with Crippen LogP contribution < -0.4 is 10.8 Å². The minimum Gasteiger partial charge on any atom is -0.423 e. The van der Waals surface area contributed by atoms with Crippen molar-refractivity contribution >= 4 is 24.2 Å². The summed E-state index contributed by atoms with van der Waals surface area (Å²) in [6.07, 6.45) is -141. The Labute approximate surface area is 460 Å². The molecule has 59 heteroatoms. The van der Waals surface area contributed by atoms with Gasteiger partial charge < -0.3 is 15.4 Å². The third kappa shape index (κ3) is 14.3. The Morgan fingerprint density at radius 2 is 0.560 bits per heavy atom. The van der Waals surface area contributed by atoms with Crippen LogP contribution in [0, 0.1) is 0 Å². The quantitative estimate of drug-likeness (QED) is 0.0494. The van der Waals surface area contributed by atoms with Crippen molar-refractivity contribution in [2.24, 2.45) is 0 Å². The molecule has 1 aromatic carbocycles. The van der Waals surface area contributed by atoms with Crippen molar-refractivity contribution in [1.82, 2.24) is 0 Å². The number of benzene rings is 1. The lowest BCUT2D eigenvalue weighted by molar-refractivity contribution is -0.608. The molecular weight excluding hydrogens is 1460 g/mol. The molecule has 534 valence electrons. The van der Waals surface area contributed by atoms with Gasteiger partial charge in [-0.2, -0.15) is 206 Å². The zero-order valence-electron chi connectivity index (χ0n) is 39.5. The van der Waals surface area contributed by atoms with Crippen LogP contribution in [0.4, 0.5) is 212 Å². The van der Waals surface area contributed by atoms with E-state index in [9.17, 15) is 182 Å². The molecule has 0 bridgehead atoms. The lowest BCUT2D eigenvalue weighted by atomic mass is 9.74. The van der Waals surface area contributed by atoms with Crippen LogP contribution in [0.1, 0.15) is 5.56 Å². The third-order valence-electron chi connectivity index (χ3n) is 9.54. The van der Waals surface area contributed by atoms with Gasteiger partial charge in [0.05, 0.1) is 0 Å². The van der Waals surface area contributed by atoms with Crippen LogP contribution in [0.5, 0.6) is 0 Å². The Morgan fingerprint density at radius 1 is 0.341 bits per heavy atom. The molecule has 0 aliphatic carbocycles. The van der Waals surface area contributed by atoms with Gasteiger partial charge in [-0.1, -0.05) is 18.7 Å². The summed E-state index contributed by atoms with van der Waals surface area (Å²) >= 11 is 0. The maximum Gasteiger partial charge on any atom is 0.489 e.